The van der Waals surface area contributed by atoms with Crippen LogP contribution in [0.5, 0.6) is 0 Å². The maximum Gasteiger partial charge on any atom is 0.290 e. The number of hydrogen-bond acceptors (Lipinski definition) is 4. The van der Waals surface area contributed by atoms with Crippen LogP contribution in [-0.4, -0.2) is 21.3 Å². The first-order valence-corrected chi connectivity index (χ1v) is 7.90. The van der Waals surface area contributed by atoms with Crippen LogP contribution in [0, 0.1) is 13.8 Å². The Balaban J connectivity index is 1.62. The summed E-state index contributed by atoms with van der Waals surface area (Å²) in [7, 11) is 0. The monoisotopic (exact) mass is 302 g/mol. The van der Waals surface area contributed by atoms with Crippen LogP contribution in [0.2, 0.25) is 0 Å². The molecular formula is C16H22N4O2. The van der Waals surface area contributed by atoms with E-state index in [1.54, 1.807) is 6.07 Å². The fourth-order valence-electron chi connectivity index (χ4n) is 3.08. The van der Waals surface area contributed by atoms with E-state index in [9.17, 15) is 4.79 Å². The summed E-state index contributed by atoms with van der Waals surface area (Å²) in [5.74, 6) is 0.506. The molecule has 0 radical (unpaired) electrons. The molecule has 2 aromatic rings. The summed E-state index contributed by atoms with van der Waals surface area (Å²) in [4.78, 5) is 12.2. The number of carbonyl (C=O) groups is 1. The van der Waals surface area contributed by atoms with Crippen LogP contribution in [-0.2, 0) is 6.54 Å². The molecule has 0 bridgehead atoms. The van der Waals surface area contributed by atoms with Gasteiger partial charge in [0.15, 0.2) is 0 Å². The van der Waals surface area contributed by atoms with E-state index >= 15 is 0 Å². The largest absolute Gasteiger partial charge is 0.351 e. The predicted octanol–water partition coefficient (Wildman–Crippen LogP) is 2.99. The first-order chi connectivity index (χ1) is 10.6. The third-order valence-electron chi connectivity index (χ3n) is 4.48. The summed E-state index contributed by atoms with van der Waals surface area (Å²) in [5.41, 5.74) is 3.80. The highest BCUT2D eigenvalue weighted by Crippen LogP contribution is 2.32. The summed E-state index contributed by atoms with van der Waals surface area (Å²) in [6.07, 6.45) is 6.04. The normalized spacial score (nSPS) is 15.9. The standard InChI is InChI=1S/C16H22N4O2/c1-10-13(11(2)19-18-10)9-17-16(21)15-8-14(20-22-15)12-6-4-3-5-7-12/h8,12H,3-7,9H2,1-2H3,(H,17,21)(H,18,19). The van der Waals surface area contributed by atoms with Crippen LogP contribution in [0.4, 0.5) is 0 Å². The number of amides is 1. The molecular weight excluding hydrogens is 280 g/mol. The maximum atomic E-state index is 12.2. The smallest absolute Gasteiger partial charge is 0.290 e. The van der Waals surface area contributed by atoms with Gasteiger partial charge in [0.05, 0.1) is 11.4 Å². The fourth-order valence-corrected chi connectivity index (χ4v) is 3.08. The van der Waals surface area contributed by atoms with Crippen molar-refractivity contribution >= 4 is 5.91 Å². The van der Waals surface area contributed by atoms with Crippen molar-refractivity contribution in [3.05, 3.63) is 34.5 Å². The Morgan fingerprint density at radius 1 is 1.36 bits per heavy atom. The molecule has 0 spiro atoms. The second-order valence-electron chi connectivity index (χ2n) is 6.05. The number of H-pyrrole nitrogens is 1. The van der Waals surface area contributed by atoms with Crippen molar-refractivity contribution in [2.75, 3.05) is 0 Å². The van der Waals surface area contributed by atoms with Crippen LogP contribution in [0.25, 0.3) is 0 Å². The molecule has 22 heavy (non-hydrogen) atoms. The van der Waals surface area contributed by atoms with Gasteiger partial charge in [0.2, 0.25) is 5.76 Å². The summed E-state index contributed by atoms with van der Waals surface area (Å²) >= 11 is 0. The topological polar surface area (TPSA) is 83.8 Å². The Hall–Kier alpha value is -2.11. The first kappa shape index (κ1) is 14.8. The highest BCUT2D eigenvalue weighted by atomic mass is 16.5. The lowest BCUT2D eigenvalue weighted by Crippen LogP contribution is -2.22. The molecule has 0 atom stereocenters. The molecule has 118 valence electrons. The molecule has 6 heteroatoms. The lowest BCUT2D eigenvalue weighted by Gasteiger charge is -2.18. The second-order valence-corrected chi connectivity index (χ2v) is 6.05. The van der Waals surface area contributed by atoms with E-state index in [0.29, 0.717) is 18.2 Å². The van der Waals surface area contributed by atoms with E-state index in [2.05, 4.69) is 20.7 Å². The molecule has 0 aromatic carbocycles. The van der Waals surface area contributed by atoms with E-state index in [4.69, 9.17) is 4.52 Å². The Kier molecular flexibility index (Phi) is 4.27. The van der Waals surface area contributed by atoms with Gasteiger partial charge in [0.1, 0.15) is 0 Å². The fraction of sp³-hybridized carbons (Fsp3) is 0.562. The number of aromatic amines is 1. The highest BCUT2D eigenvalue weighted by molar-refractivity contribution is 5.91. The van der Waals surface area contributed by atoms with Gasteiger partial charge in [-0.05, 0) is 26.7 Å². The molecule has 2 N–H and O–H groups in total. The number of hydrogen-bond donors (Lipinski definition) is 2. The number of rotatable bonds is 4. The average Bonchev–Trinajstić information content (AvgIpc) is 3.14. The minimum atomic E-state index is -0.227. The molecule has 1 aliphatic carbocycles. The van der Waals surface area contributed by atoms with Crippen LogP contribution in [0.1, 0.15) is 71.2 Å². The number of nitrogens with one attached hydrogen (secondary N) is 2. The Morgan fingerprint density at radius 3 is 2.82 bits per heavy atom. The zero-order valence-electron chi connectivity index (χ0n) is 13.1. The lowest BCUT2D eigenvalue weighted by atomic mass is 9.87. The Morgan fingerprint density at radius 2 is 2.14 bits per heavy atom. The number of nitrogens with zero attached hydrogens (tertiary/aromatic N) is 2. The van der Waals surface area contributed by atoms with Crippen LogP contribution >= 0.6 is 0 Å². The molecule has 0 unspecified atom stereocenters. The molecule has 1 amide bonds. The van der Waals surface area contributed by atoms with Crippen molar-refractivity contribution in [1.29, 1.82) is 0 Å². The van der Waals surface area contributed by atoms with Crippen molar-refractivity contribution < 1.29 is 9.32 Å². The van der Waals surface area contributed by atoms with Crippen molar-refractivity contribution in [3.8, 4) is 0 Å². The lowest BCUT2D eigenvalue weighted by molar-refractivity contribution is 0.0913. The number of aryl methyl sites for hydroxylation is 2. The number of carbonyl (C=O) groups excluding carboxylic acids is 1. The third kappa shape index (κ3) is 3.05. The summed E-state index contributed by atoms with van der Waals surface area (Å²) in [6.45, 7) is 4.30. The van der Waals surface area contributed by atoms with Crippen molar-refractivity contribution in [1.82, 2.24) is 20.7 Å². The second kappa shape index (κ2) is 6.34. The van der Waals surface area contributed by atoms with Crippen LogP contribution in [0.3, 0.4) is 0 Å². The molecule has 2 heterocycles. The van der Waals surface area contributed by atoms with Gasteiger partial charge in [0, 0.05) is 29.8 Å². The zero-order chi connectivity index (χ0) is 15.5. The SMILES string of the molecule is Cc1n[nH]c(C)c1CNC(=O)c1cc(C2CCCCC2)no1. The van der Waals surface area contributed by atoms with Gasteiger partial charge in [-0.3, -0.25) is 9.89 Å². The van der Waals surface area contributed by atoms with E-state index in [1.807, 2.05) is 13.8 Å². The van der Waals surface area contributed by atoms with Gasteiger partial charge in [0.25, 0.3) is 5.91 Å². The minimum Gasteiger partial charge on any atom is -0.351 e. The van der Waals surface area contributed by atoms with Crippen molar-refractivity contribution in [3.63, 3.8) is 0 Å². The molecule has 0 saturated heterocycles. The van der Waals surface area contributed by atoms with Crippen LogP contribution in [0.15, 0.2) is 10.6 Å². The Labute approximate surface area is 129 Å². The van der Waals surface area contributed by atoms with E-state index in [1.165, 1.54) is 19.3 Å². The molecule has 1 fully saturated rings. The van der Waals surface area contributed by atoms with Gasteiger partial charge < -0.3 is 9.84 Å². The first-order valence-electron chi connectivity index (χ1n) is 7.90. The van der Waals surface area contributed by atoms with Crippen molar-refractivity contribution in [2.24, 2.45) is 0 Å². The summed E-state index contributed by atoms with van der Waals surface area (Å²) < 4.78 is 5.22. The van der Waals surface area contributed by atoms with Gasteiger partial charge >= 0.3 is 0 Å². The van der Waals surface area contributed by atoms with Gasteiger partial charge in [-0.1, -0.05) is 24.4 Å². The summed E-state index contributed by atoms with van der Waals surface area (Å²) in [6, 6.07) is 1.79. The van der Waals surface area contributed by atoms with E-state index in [0.717, 1.165) is 35.5 Å². The summed E-state index contributed by atoms with van der Waals surface area (Å²) in [5, 5.41) is 14.0. The predicted molar refractivity (Wildman–Crippen MR) is 81.6 cm³/mol. The number of aromatic nitrogens is 3. The minimum absolute atomic E-state index is 0.227. The molecule has 6 nitrogen and oxygen atoms in total. The van der Waals surface area contributed by atoms with Crippen molar-refractivity contribution in [2.45, 2.75) is 58.4 Å². The quantitative estimate of drug-likeness (QED) is 0.909. The van der Waals surface area contributed by atoms with E-state index < -0.39 is 0 Å². The molecule has 3 rings (SSSR count). The van der Waals surface area contributed by atoms with Gasteiger partial charge in [-0.15, -0.1) is 0 Å². The molecule has 1 aliphatic rings. The van der Waals surface area contributed by atoms with Gasteiger partial charge in [-0.2, -0.15) is 5.10 Å². The molecule has 1 saturated carbocycles. The average molecular weight is 302 g/mol. The highest BCUT2D eigenvalue weighted by Gasteiger charge is 2.21. The van der Waals surface area contributed by atoms with Crippen LogP contribution < -0.4 is 5.32 Å². The third-order valence-corrected chi connectivity index (χ3v) is 4.48. The zero-order valence-corrected chi connectivity index (χ0v) is 13.1. The molecule has 0 aliphatic heterocycles. The maximum absolute atomic E-state index is 12.2. The Bertz CT molecular complexity index is 633. The van der Waals surface area contributed by atoms with E-state index in [-0.39, 0.29) is 5.91 Å². The van der Waals surface area contributed by atoms with Gasteiger partial charge in [-0.25, -0.2) is 0 Å². The molecule has 2 aromatic heterocycles.